The number of hydrogen-bond donors (Lipinski definition) is 0. The van der Waals surface area contributed by atoms with Crippen molar-refractivity contribution in [1.29, 1.82) is 0 Å². The van der Waals surface area contributed by atoms with E-state index in [2.05, 4.69) is 6.08 Å². The molecule has 0 saturated carbocycles. The third-order valence-corrected chi connectivity index (χ3v) is 4.95. The van der Waals surface area contributed by atoms with E-state index in [0.717, 1.165) is 16.8 Å². The third-order valence-electron chi connectivity index (χ3n) is 4.95. The van der Waals surface area contributed by atoms with E-state index in [-0.39, 0.29) is 38.3 Å². The fourth-order valence-electron chi connectivity index (χ4n) is 4.00. The van der Waals surface area contributed by atoms with Crippen LogP contribution in [-0.4, -0.2) is 4.92 Å². The molecule has 27 heavy (non-hydrogen) atoms. The average Bonchev–Trinajstić information content (AvgIpc) is 3.18. The topological polar surface area (TPSA) is 50.9 Å². The van der Waals surface area contributed by atoms with Gasteiger partial charge in [0.2, 0.25) is 5.69 Å². The quantitative estimate of drug-likeness (QED) is 0.270. The molecule has 1 atom stereocenters. The monoisotopic (exact) mass is 432 g/mol. The van der Waals surface area contributed by atoms with Gasteiger partial charge in [0.1, 0.15) is 0 Å². The smallest absolute Gasteiger partial charge is 0.280 e. The summed E-state index contributed by atoms with van der Waals surface area (Å²) in [7, 11) is 0. The van der Waals surface area contributed by atoms with E-state index in [1.807, 2.05) is 70.5 Å². The van der Waals surface area contributed by atoms with Crippen molar-refractivity contribution >= 4 is 0 Å². The Bertz CT molecular complexity index is 1240. The van der Waals surface area contributed by atoms with Crippen LogP contribution in [0.15, 0.2) is 84.3 Å². The second-order valence-corrected chi connectivity index (χ2v) is 6.16. The van der Waals surface area contributed by atoms with Gasteiger partial charge in [0.25, 0.3) is 0 Å². The first-order chi connectivity index (χ1) is 13.6. The van der Waals surface area contributed by atoms with Crippen LogP contribution in [0.2, 0.25) is 0 Å². The van der Waals surface area contributed by atoms with Crippen LogP contribution in [0.3, 0.4) is 0 Å². The molecule has 0 N–H and O–H groups in total. The minimum absolute atomic E-state index is 0. The number of fused-ring (bicyclic) bond motifs is 7. The van der Waals surface area contributed by atoms with Crippen LogP contribution in [0.4, 0.5) is 0 Å². The molecule has 0 bridgehead atoms. The van der Waals surface area contributed by atoms with Gasteiger partial charge in [-0.15, -0.1) is 10.6 Å². The average molecular weight is 432 g/mol. The largest absolute Gasteiger partial charge is 0.339 e. The predicted octanol–water partition coefficient (Wildman–Crippen LogP) is 2.17. The van der Waals surface area contributed by atoms with E-state index in [9.17, 15) is 10.1 Å². The number of benzene rings is 1. The van der Waals surface area contributed by atoms with E-state index in [1.54, 1.807) is 12.1 Å². The first-order valence-electron chi connectivity index (χ1n) is 9.06. The second-order valence-electron chi connectivity index (χ2n) is 6.16. The molecule has 0 aliphatic carbocycles. The van der Waals surface area contributed by atoms with E-state index >= 15 is 0 Å². The van der Waals surface area contributed by atoms with Gasteiger partial charge in [-0.25, -0.2) is 0 Å². The minimum Gasteiger partial charge on any atom is -0.280 e. The Labute approximate surface area is 184 Å². The maximum atomic E-state index is 11.8. The van der Waals surface area contributed by atoms with Crippen LogP contribution in [0.25, 0.3) is 11.3 Å². The molecule has 0 amide bonds. The molecule has 0 fully saturated rings. The van der Waals surface area contributed by atoms with Crippen molar-refractivity contribution in [1.82, 2.24) is 0 Å². The van der Waals surface area contributed by atoms with Crippen molar-refractivity contribution in [2.75, 3.05) is 0 Å². The first kappa shape index (κ1) is 15.6. The Balaban J connectivity index is 0.00000205. The van der Waals surface area contributed by atoms with Crippen molar-refractivity contribution in [3.8, 4) is 11.3 Å². The van der Waals surface area contributed by atoms with Gasteiger partial charge in [0, 0.05) is 50.5 Å². The summed E-state index contributed by atoms with van der Waals surface area (Å²) in [5.74, 6) is 0. The SMILES string of the molecule is [3H][C-]=C(C1=[C-]c2cccc[n+]2C12c1ccc([3H])cc1-c1cccc[n+]12)[N+](=O)[O-].[Y]. The van der Waals surface area contributed by atoms with Gasteiger partial charge in [0.15, 0.2) is 12.4 Å². The number of rotatable bonds is 2. The van der Waals surface area contributed by atoms with Crippen LogP contribution in [0.1, 0.15) is 14.0 Å². The summed E-state index contributed by atoms with van der Waals surface area (Å²) in [5, 5.41) is 11.8. The number of aromatic nitrogens is 2. The van der Waals surface area contributed by atoms with Crippen molar-refractivity contribution in [3.63, 3.8) is 0 Å². The standard InChI is InChI=1S/C21H13N3O2.Y/c1-15(24(25)26)19-14-16-8-4-6-12-22(16)21(19)18-10-3-2-9-17(18)20-11-5-7-13-23(20)21;/h1-13H;/i1T,2T;. The summed E-state index contributed by atoms with van der Waals surface area (Å²) in [6.07, 6.45) is 6.86. The molecule has 1 aromatic carbocycles. The summed E-state index contributed by atoms with van der Waals surface area (Å²) in [4.78, 5) is 11.2. The van der Waals surface area contributed by atoms with Crippen molar-refractivity contribution < 1.29 is 49.5 Å². The van der Waals surface area contributed by atoms with E-state index in [4.69, 9.17) is 2.74 Å². The molecule has 3 aromatic rings. The Morgan fingerprint density at radius 2 is 1.93 bits per heavy atom. The normalized spacial score (nSPS) is 20.0. The minimum atomic E-state index is -1.10. The van der Waals surface area contributed by atoms with Gasteiger partial charge in [-0.1, -0.05) is 25.1 Å². The molecule has 4 heterocycles. The Kier molecular flexibility index (Phi) is 3.62. The molecule has 5 nitrogen and oxygen atoms in total. The zero-order valence-corrected chi connectivity index (χ0v) is 16.9. The fourth-order valence-corrected chi connectivity index (χ4v) is 4.00. The first-order valence-corrected chi connectivity index (χ1v) is 8.06. The summed E-state index contributed by atoms with van der Waals surface area (Å²) in [5.41, 5.74) is 1.82. The van der Waals surface area contributed by atoms with E-state index in [1.165, 1.54) is 0 Å². The summed E-state index contributed by atoms with van der Waals surface area (Å²) >= 11 is 0. The molecule has 5 rings (SSSR count). The maximum Gasteiger partial charge on any atom is 0.339 e. The Hall–Kier alpha value is -2.50. The predicted molar refractivity (Wildman–Crippen MR) is 91.8 cm³/mol. The van der Waals surface area contributed by atoms with E-state index in [0.29, 0.717) is 11.7 Å². The molecule has 2 aliphatic rings. The van der Waals surface area contributed by atoms with Gasteiger partial charge >= 0.3 is 5.66 Å². The molecule has 6 heteroatoms. The number of nitrogens with zero attached hydrogens (tertiary/aromatic N) is 3. The van der Waals surface area contributed by atoms with Gasteiger partial charge in [-0.3, -0.25) is 16.7 Å². The Morgan fingerprint density at radius 3 is 2.70 bits per heavy atom. The third kappa shape index (κ3) is 2.19. The van der Waals surface area contributed by atoms with Crippen molar-refractivity contribution in [2.45, 2.75) is 5.66 Å². The molecule has 1 spiro atoms. The van der Waals surface area contributed by atoms with E-state index < -0.39 is 16.3 Å². The molecule has 2 aromatic heterocycles. The zero-order valence-electron chi connectivity index (χ0n) is 16.1. The van der Waals surface area contributed by atoms with Gasteiger partial charge in [-0.05, 0) is 29.2 Å². The van der Waals surface area contributed by atoms with Crippen LogP contribution in [0.5, 0.6) is 0 Å². The number of nitro groups is 1. The molecular formula is C21H13N3O2Y. The number of hydrogen-bond acceptors (Lipinski definition) is 2. The maximum absolute atomic E-state index is 11.8. The van der Waals surface area contributed by atoms with Crippen LogP contribution in [0, 0.1) is 22.7 Å². The molecule has 0 saturated heterocycles. The number of pyridine rings is 2. The Morgan fingerprint density at radius 1 is 1.15 bits per heavy atom. The van der Waals surface area contributed by atoms with Crippen molar-refractivity contribution in [2.24, 2.45) is 0 Å². The molecular weight excluding hydrogens is 415 g/mol. The molecule has 2 aliphatic heterocycles. The summed E-state index contributed by atoms with van der Waals surface area (Å²) < 4.78 is 19.5. The van der Waals surface area contributed by atoms with Crippen molar-refractivity contribution in [3.05, 3.63) is 118 Å². The van der Waals surface area contributed by atoms with Crippen LogP contribution >= 0.6 is 0 Å². The van der Waals surface area contributed by atoms with Gasteiger partial charge in [0.05, 0.1) is 18.2 Å². The number of allylic oxidation sites excluding steroid dienone is 1. The second kappa shape index (κ2) is 6.29. The zero-order chi connectivity index (χ0) is 19.5. The summed E-state index contributed by atoms with van der Waals surface area (Å²) in [6.45, 7) is 2.01. The van der Waals surface area contributed by atoms with Crippen LogP contribution in [-0.2, 0) is 38.4 Å². The molecule has 127 valence electrons. The van der Waals surface area contributed by atoms with Crippen LogP contribution < -0.4 is 9.13 Å². The summed E-state index contributed by atoms with van der Waals surface area (Å²) in [6, 6.07) is 16.8. The van der Waals surface area contributed by atoms with Gasteiger partial charge < -0.3 is 0 Å². The fraction of sp³-hybridized carbons (Fsp3) is 0.0476. The van der Waals surface area contributed by atoms with Gasteiger partial charge in [-0.2, -0.15) is 10.6 Å². The molecule has 1 unspecified atom stereocenters. The molecule has 1 radical (unpaired) electrons.